The Morgan fingerprint density at radius 3 is 1.77 bits per heavy atom. The molecule has 1 saturated carbocycles. The van der Waals surface area contributed by atoms with Crippen LogP contribution >= 0.6 is 18.8 Å². The number of β-amino-alcohol motifs (C(OH)–C–C–N with tert-alkyl or cyclic N) is 2. The van der Waals surface area contributed by atoms with Crippen molar-refractivity contribution in [2.45, 2.75) is 64.8 Å². The minimum atomic E-state index is -0.516. The van der Waals surface area contributed by atoms with Crippen LogP contribution in [0.5, 0.6) is 0 Å². The maximum Gasteiger partial charge on any atom is 0.151 e. The Kier molecular flexibility index (Phi) is 8.51. The van der Waals surface area contributed by atoms with E-state index in [4.69, 9.17) is 0 Å². The van der Waals surface area contributed by atoms with Crippen LogP contribution in [0.3, 0.4) is 0 Å². The van der Waals surface area contributed by atoms with Gasteiger partial charge in [0.1, 0.15) is 11.6 Å². The summed E-state index contributed by atoms with van der Waals surface area (Å²) in [5.41, 5.74) is -0.516. The number of Topliss-reactive ketones (excluding diaryl/α,β-unsaturated/α-hetero) is 3. The molecule has 4 unspecified atom stereocenters. The van der Waals surface area contributed by atoms with Crippen LogP contribution in [0.2, 0.25) is 0 Å². The van der Waals surface area contributed by atoms with Crippen LogP contribution in [-0.2, 0) is 14.4 Å². The highest BCUT2D eigenvalue weighted by Crippen LogP contribution is 2.57. The molecule has 0 aromatic rings. The van der Waals surface area contributed by atoms with Gasteiger partial charge in [-0.15, -0.1) is 6.58 Å². The molecule has 1 aliphatic carbocycles. The van der Waals surface area contributed by atoms with E-state index in [9.17, 15) is 24.6 Å². The summed E-state index contributed by atoms with van der Waals surface area (Å²) < 4.78 is 3.65. The molecule has 0 bridgehead atoms. The van der Waals surface area contributed by atoms with E-state index >= 15 is 0 Å². The minimum absolute atomic E-state index is 0.0543. The zero-order valence-electron chi connectivity index (χ0n) is 18.3. The molecule has 3 rings (SSSR count). The van der Waals surface area contributed by atoms with Crippen LogP contribution in [0.1, 0.15) is 40.5 Å². The Hall–Kier alpha value is -0.550. The van der Waals surface area contributed by atoms with Crippen molar-refractivity contribution in [1.82, 2.24) is 9.34 Å². The Bertz CT molecular complexity index is 705. The van der Waals surface area contributed by atoms with Crippen molar-refractivity contribution < 1.29 is 24.6 Å². The van der Waals surface area contributed by atoms with Crippen molar-refractivity contribution in [2.75, 3.05) is 13.1 Å². The Labute approximate surface area is 184 Å². The zero-order chi connectivity index (χ0) is 23.0. The summed E-state index contributed by atoms with van der Waals surface area (Å²) in [6.07, 6.45) is 1.94. The quantitative estimate of drug-likeness (QED) is 0.457. The molecule has 2 saturated heterocycles. The predicted molar refractivity (Wildman–Crippen MR) is 122 cm³/mol. The molecular formula is C21H36N2O5P2. The highest BCUT2D eigenvalue weighted by atomic mass is 31.0. The summed E-state index contributed by atoms with van der Waals surface area (Å²) in [5.74, 6) is 0.364. The van der Waals surface area contributed by atoms with Gasteiger partial charge in [0.05, 0.1) is 24.3 Å². The van der Waals surface area contributed by atoms with Gasteiger partial charge in [-0.1, -0.05) is 38.7 Å². The van der Waals surface area contributed by atoms with Gasteiger partial charge in [-0.2, -0.15) is 0 Å². The van der Waals surface area contributed by atoms with Gasteiger partial charge < -0.3 is 10.2 Å². The second-order valence-electron chi connectivity index (χ2n) is 9.15. The molecule has 0 aromatic carbocycles. The predicted octanol–water partition coefficient (Wildman–Crippen LogP) is 1.24. The number of hydrogen-bond donors (Lipinski definition) is 2. The molecule has 0 radical (unpaired) electrons. The highest BCUT2D eigenvalue weighted by molar-refractivity contribution is 7.13. The first-order valence-electron chi connectivity index (χ1n) is 10.4. The molecular weight excluding hydrogens is 422 g/mol. The molecule has 170 valence electrons. The number of rotatable bonds is 6. The standard InChI is InChI=1S/C14H22NO3P.C7H14NO2P/c1-4-10-5-14(10,9(3)16)6-11(17)13-8(2)12(18)7-15(13)19;1-4-6(10)3-8(11)7(4)5(2)9/h4,8,10,12-13,18H,1,5-7,19H2,2-3H3;4,6-7,10H,3,11H2,1-2H3/t8?,10-,12+,13+,14+;4?,6-,7-/m10/s1. The van der Waals surface area contributed by atoms with Gasteiger partial charge in [-0.25, -0.2) is 0 Å². The maximum absolute atomic E-state index is 12.5. The molecule has 0 aromatic heterocycles. The van der Waals surface area contributed by atoms with E-state index < -0.39 is 11.5 Å². The van der Waals surface area contributed by atoms with E-state index in [0.29, 0.717) is 13.1 Å². The second kappa shape index (κ2) is 9.94. The molecule has 0 spiro atoms. The Morgan fingerprint density at radius 2 is 1.50 bits per heavy atom. The lowest BCUT2D eigenvalue weighted by Crippen LogP contribution is -2.36. The summed E-state index contributed by atoms with van der Waals surface area (Å²) in [6, 6.07) is -0.419. The largest absolute Gasteiger partial charge is 0.391 e. The molecule has 0 amide bonds. The molecule has 2 heterocycles. The smallest absolute Gasteiger partial charge is 0.151 e. The van der Waals surface area contributed by atoms with Crippen LogP contribution < -0.4 is 0 Å². The van der Waals surface area contributed by atoms with Gasteiger partial charge in [-0.05, 0) is 26.2 Å². The fourth-order valence-electron chi connectivity index (χ4n) is 4.89. The molecule has 3 aliphatic rings. The summed E-state index contributed by atoms with van der Waals surface area (Å²) >= 11 is 0. The molecule has 2 aliphatic heterocycles. The first-order valence-corrected chi connectivity index (χ1v) is 11.5. The zero-order valence-corrected chi connectivity index (χ0v) is 20.6. The van der Waals surface area contributed by atoms with Gasteiger partial charge in [-0.3, -0.25) is 23.7 Å². The molecule has 10 atom stereocenters. The fraction of sp³-hybridized carbons (Fsp3) is 0.762. The van der Waals surface area contributed by atoms with Crippen molar-refractivity contribution in [3.8, 4) is 0 Å². The topological polar surface area (TPSA) is 98.2 Å². The van der Waals surface area contributed by atoms with Crippen molar-refractivity contribution >= 4 is 36.1 Å². The highest BCUT2D eigenvalue weighted by Gasteiger charge is 2.58. The first-order chi connectivity index (χ1) is 13.9. The van der Waals surface area contributed by atoms with Gasteiger partial charge in [0, 0.05) is 36.8 Å². The number of carbonyl (C=O) groups excluding carboxylic acids is 3. The van der Waals surface area contributed by atoms with Crippen molar-refractivity contribution in [1.29, 1.82) is 0 Å². The lowest BCUT2D eigenvalue weighted by atomic mass is 9.86. The average Bonchev–Trinajstić information content (AvgIpc) is 3.20. The summed E-state index contributed by atoms with van der Waals surface area (Å²) in [4.78, 5) is 35.3. The van der Waals surface area contributed by atoms with Gasteiger partial charge in [0.15, 0.2) is 5.78 Å². The van der Waals surface area contributed by atoms with Crippen molar-refractivity contribution in [2.24, 2.45) is 23.2 Å². The Morgan fingerprint density at radius 1 is 1.03 bits per heavy atom. The lowest BCUT2D eigenvalue weighted by Gasteiger charge is -2.23. The molecule has 9 heteroatoms. The average molecular weight is 458 g/mol. The molecule has 7 nitrogen and oxygen atoms in total. The number of allylic oxidation sites excluding steroid dienone is 1. The van der Waals surface area contributed by atoms with E-state index in [1.807, 2.05) is 23.2 Å². The maximum atomic E-state index is 12.5. The van der Waals surface area contributed by atoms with E-state index in [1.54, 1.807) is 19.9 Å². The van der Waals surface area contributed by atoms with Crippen molar-refractivity contribution in [3.05, 3.63) is 12.7 Å². The fourth-order valence-corrected chi connectivity index (χ4v) is 6.24. The van der Waals surface area contributed by atoms with E-state index in [1.165, 1.54) is 0 Å². The van der Waals surface area contributed by atoms with Gasteiger partial charge in [0.25, 0.3) is 0 Å². The third kappa shape index (κ3) is 5.09. The van der Waals surface area contributed by atoms with Crippen LogP contribution in [0.4, 0.5) is 0 Å². The normalized spacial score (nSPS) is 41.1. The first kappa shape index (κ1) is 25.7. The van der Waals surface area contributed by atoms with Gasteiger partial charge in [0.2, 0.25) is 0 Å². The monoisotopic (exact) mass is 458 g/mol. The van der Waals surface area contributed by atoms with Crippen LogP contribution in [0, 0.1) is 23.2 Å². The molecule has 3 fully saturated rings. The number of carbonyl (C=O) groups is 3. The number of nitrogens with zero attached hydrogens (tertiary/aromatic N) is 2. The lowest BCUT2D eigenvalue weighted by molar-refractivity contribution is -0.130. The summed E-state index contributed by atoms with van der Waals surface area (Å²) in [7, 11) is 4.99. The summed E-state index contributed by atoms with van der Waals surface area (Å²) in [5, 5.41) is 19.2. The number of ketones is 3. The minimum Gasteiger partial charge on any atom is -0.391 e. The van der Waals surface area contributed by atoms with E-state index in [0.717, 1.165) is 6.42 Å². The van der Waals surface area contributed by atoms with E-state index in [-0.39, 0.29) is 59.7 Å². The third-order valence-electron chi connectivity index (χ3n) is 7.08. The van der Waals surface area contributed by atoms with Gasteiger partial charge >= 0.3 is 0 Å². The van der Waals surface area contributed by atoms with Crippen LogP contribution in [0.15, 0.2) is 12.7 Å². The molecule has 30 heavy (non-hydrogen) atoms. The number of hydrogen-bond acceptors (Lipinski definition) is 7. The number of aliphatic hydroxyl groups is 2. The van der Waals surface area contributed by atoms with E-state index in [2.05, 4.69) is 25.4 Å². The Balaban J connectivity index is 0.000000248. The second-order valence-corrected chi connectivity index (χ2v) is 10.5. The third-order valence-corrected chi connectivity index (χ3v) is 8.14. The SMILES string of the molecule is C=C[C@@H]1C[C@]1(CC(=O)[C@@H]1C(C)[C@@H](O)CN1P)C(C)=O.CC(=O)[C@@H]1C(C)[C@@H](O)CN1P. The van der Waals surface area contributed by atoms with Crippen molar-refractivity contribution in [3.63, 3.8) is 0 Å². The molecule has 2 N–H and O–H groups in total. The van der Waals surface area contributed by atoms with Crippen LogP contribution in [-0.4, -0.2) is 74.3 Å². The number of aliphatic hydroxyl groups excluding tert-OH is 2. The van der Waals surface area contributed by atoms with Crippen LogP contribution in [0.25, 0.3) is 0 Å². The summed E-state index contributed by atoms with van der Waals surface area (Å²) in [6.45, 7) is 11.7.